The molecule has 0 fully saturated rings. The van der Waals surface area contributed by atoms with Crippen LogP contribution in [0.4, 0.5) is 11.5 Å². The third-order valence-corrected chi connectivity index (χ3v) is 3.44. The number of aromatic nitrogens is 3. The Labute approximate surface area is 121 Å². The molecular formula is C15H13ClN4. The van der Waals surface area contributed by atoms with Crippen molar-refractivity contribution in [3.63, 3.8) is 0 Å². The summed E-state index contributed by atoms with van der Waals surface area (Å²) < 4.78 is 0. The highest BCUT2D eigenvalue weighted by atomic mass is 35.5. The molecule has 20 heavy (non-hydrogen) atoms. The summed E-state index contributed by atoms with van der Waals surface area (Å²) in [6, 6.07) is 9.95. The van der Waals surface area contributed by atoms with Crippen LogP contribution in [-0.2, 0) is 6.42 Å². The van der Waals surface area contributed by atoms with Crippen LogP contribution in [0, 0.1) is 0 Å². The van der Waals surface area contributed by atoms with Crippen molar-refractivity contribution in [2.45, 2.75) is 13.3 Å². The maximum Gasteiger partial charge on any atom is 0.138 e. The van der Waals surface area contributed by atoms with E-state index in [1.54, 1.807) is 6.20 Å². The summed E-state index contributed by atoms with van der Waals surface area (Å²) in [6.45, 7) is 2.03. The van der Waals surface area contributed by atoms with Gasteiger partial charge < -0.3 is 5.32 Å². The number of rotatable bonds is 3. The second-order valence-corrected chi connectivity index (χ2v) is 4.74. The molecule has 0 saturated carbocycles. The van der Waals surface area contributed by atoms with Crippen LogP contribution in [0.25, 0.3) is 10.9 Å². The molecule has 3 aromatic rings. The van der Waals surface area contributed by atoms with Crippen molar-refractivity contribution in [2.24, 2.45) is 0 Å². The van der Waals surface area contributed by atoms with Gasteiger partial charge in [-0.25, -0.2) is 9.97 Å². The zero-order chi connectivity index (χ0) is 13.9. The molecule has 0 aliphatic heterocycles. The first-order valence-electron chi connectivity index (χ1n) is 6.39. The van der Waals surface area contributed by atoms with E-state index in [1.807, 2.05) is 37.3 Å². The number of pyridine rings is 1. The number of fused-ring (bicyclic) bond motifs is 1. The first-order chi connectivity index (χ1) is 9.78. The van der Waals surface area contributed by atoms with Gasteiger partial charge in [0.2, 0.25) is 0 Å². The van der Waals surface area contributed by atoms with Gasteiger partial charge >= 0.3 is 0 Å². The third kappa shape index (κ3) is 2.42. The number of nitrogens with zero attached hydrogens (tertiary/aromatic N) is 3. The first-order valence-corrected chi connectivity index (χ1v) is 6.77. The molecule has 1 N–H and O–H groups in total. The second-order valence-electron chi connectivity index (χ2n) is 4.38. The molecule has 0 bridgehead atoms. The second kappa shape index (κ2) is 5.43. The van der Waals surface area contributed by atoms with Gasteiger partial charge in [0.25, 0.3) is 0 Å². The quantitative estimate of drug-likeness (QED) is 0.739. The summed E-state index contributed by atoms with van der Waals surface area (Å²) in [5.74, 6) is 0.746. The SMILES string of the molecule is CCc1c(Cl)ncnc1Nc1ccc2ncccc2c1. The molecule has 5 heteroatoms. The average molecular weight is 285 g/mol. The zero-order valence-electron chi connectivity index (χ0n) is 11.0. The van der Waals surface area contributed by atoms with Crippen molar-refractivity contribution >= 4 is 34.0 Å². The first kappa shape index (κ1) is 12.8. The standard InChI is InChI=1S/C15H13ClN4/c1-2-12-14(16)18-9-19-15(12)20-11-5-6-13-10(8-11)4-3-7-17-13/h3-9H,2H2,1H3,(H,18,19,20). The van der Waals surface area contributed by atoms with Crippen LogP contribution >= 0.6 is 11.6 Å². The normalized spacial score (nSPS) is 10.7. The van der Waals surface area contributed by atoms with Crippen molar-refractivity contribution in [3.05, 3.63) is 53.6 Å². The molecule has 0 atom stereocenters. The maximum absolute atomic E-state index is 6.09. The molecule has 2 aromatic heterocycles. The molecule has 0 amide bonds. The minimum atomic E-state index is 0.493. The van der Waals surface area contributed by atoms with Gasteiger partial charge in [0.15, 0.2) is 0 Å². The van der Waals surface area contributed by atoms with Crippen LogP contribution in [0.15, 0.2) is 42.9 Å². The summed E-state index contributed by atoms with van der Waals surface area (Å²) >= 11 is 6.09. The smallest absolute Gasteiger partial charge is 0.138 e. The van der Waals surface area contributed by atoms with Gasteiger partial charge in [-0.1, -0.05) is 24.6 Å². The lowest BCUT2D eigenvalue weighted by Crippen LogP contribution is -2.00. The van der Waals surface area contributed by atoms with Crippen LogP contribution < -0.4 is 5.32 Å². The number of hydrogen-bond acceptors (Lipinski definition) is 4. The molecule has 0 aliphatic carbocycles. The predicted octanol–water partition coefficient (Wildman–Crippen LogP) is 3.98. The molecule has 3 rings (SSSR count). The van der Waals surface area contributed by atoms with Gasteiger partial charge in [-0.05, 0) is 30.7 Å². The fourth-order valence-electron chi connectivity index (χ4n) is 2.10. The Balaban J connectivity index is 1.99. The predicted molar refractivity (Wildman–Crippen MR) is 81.4 cm³/mol. The van der Waals surface area contributed by atoms with Crippen LogP contribution in [0.2, 0.25) is 5.15 Å². The molecule has 100 valence electrons. The van der Waals surface area contributed by atoms with E-state index < -0.39 is 0 Å². The van der Waals surface area contributed by atoms with E-state index in [2.05, 4.69) is 20.3 Å². The lowest BCUT2D eigenvalue weighted by molar-refractivity contribution is 1.05. The molecule has 2 heterocycles. The Morgan fingerprint density at radius 1 is 1.15 bits per heavy atom. The van der Waals surface area contributed by atoms with E-state index in [9.17, 15) is 0 Å². The zero-order valence-corrected chi connectivity index (χ0v) is 11.7. The Kier molecular flexibility index (Phi) is 3.48. The average Bonchev–Trinajstić information content (AvgIpc) is 2.47. The van der Waals surface area contributed by atoms with Crippen molar-refractivity contribution in [2.75, 3.05) is 5.32 Å². The minimum Gasteiger partial charge on any atom is -0.340 e. The van der Waals surface area contributed by atoms with E-state index in [4.69, 9.17) is 11.6 Å². The van der Waals surface area contributed by atoms with Gasteiger partial charge in [0.05, 0.1) is 5.52 Å². The lowest BCUT2D eigenvalue weighted by atomic mass is 10.2. The largest absolute Gasteiger partial charge is 0.340 e. The fourth-order valence-corrected chi connectivity index (χ4v) is 2.37. The molecule has 4 nitrogen and oxygen atoms in total. The molecule has 0 unspecified atom stereocenters. The monoisotopic (exact) mass is 284 g/mol. The van der Waals surface area contributed by atoms with Crippen LogP contribution in [0.3, 0.4) is 0 Å². The van der Waals surface area contributed by atoms with Crippen LogP contribution in [-0.4, -0.2) is 15.0 Å². The van der Waals surface area contributed by atoms with E-state index in [0.717, 1.165) is 34.4 Å². The number of hydrogen-bond donors (Lipinski definition) is 1. The van der Waals surface area contributed by atoms with E-state index in [-0.39, 0.29) is 0 Å². The maximum atomic E-state index is 6.09. The molecule has 0 saturated heterocycles. The molecule has 0 aliphatic rings. The van der Waals surface area contributed by atoms with E-state index in [1.165, 1.54) is 6.33 Å². The van der Waals surface area contributed by atoms with Gasteiger partial charge in [-0.15, -0.1) is 0 Å². The van der Waals surface area contributed by atoms with Crippen molar-refractivity contribution in [1.29, 1.82) is 0 Å². The van der Waals surface area contributed by atoms with Crippen LogP contribution in [0.1, 0.15) is 12.5 Å². The fraction of sp³-hybridized carbons (Fsp3) is 0.133. The molecular weight excluding hydrogens is 272 g/mol. The molecule has 0 radical (unpaired) electrons. The summed E-state index contributed by atoms with van der Waals surface area (Å²) in [5.41, 5.74) is 2.84. The topological polar surface area (TPSA) is 50.7 Å². The summed E-state index contributed by atoms with van der Waals surface area (Å²) in [7, 11) is 0. The summed E-state index contributed by atoms with van der Waals surface area (Å²) in [4.78, 5) is 12.6. The Morgan fingerprint density at radius 2 is 2.05 bits per heavy atom. The summed E-state index contributed by atoms with van der Waals surface area (Å²) in [6.07, 6.45) is 4.03. The highest BCUT2D eigenvalue weighted by Gasteiger charge is 2.08. The lowest BCUT2D eigenvalue weighted by Gasteiger charge is -2.11. The highest BCUT2D eigenvalue weighted by molar-refractivity contribution is 6.30. The Hall–Kier alpha value is -2.20. The van der Waals surface area contributed by atoms with E-state index in [0.29, 0.717) is 5.15 Å². The minimum absolute atomic E-state index is 0.493. The number of halogens is 1. The highest BCUT2D eigenvalue weighted by Crippen LogP contribution is 2.25. The number of benzene rings is 1. The van der Waals surface area contributed by atoms with Crippen molar-refractivity contribution < 1.29 is 0 Å². The van der Waals surface area contributed by atoms with E-state index >= 15 is 0 Å². The Bertz CT molecular complexity index is 758. The number of anilines is 2. The van der Waals surface area contributed by atoms with Gasteiger partial charge in [-0.2, -0.15) is 0 Å². The summed E-state index contributed by atoms with van der Waals surface area (Å²) in [5, 5.41) is 4.87. The van der Waals surface area contributed by atoms with Crippen molar-refractivity contribution in [1.82, 2.24) is 15.0 Å². The molecule has 1 aromatic carbocycles. The number of nitrogens with one attached hydrogen (secondary N) is 1. The van der Waals surface area contributed by atoms with Gasteiger partial charge in [0, 0.05) is 22.8 Å². The third-order valence-electron chi connectivity index (χ3n) is 3.11. The van der Waals surface area contributed by atoms with Gasteiger partial charge in [-0.3, -0.25) is 4.98 Å². The van der Waals surface area contributed by atoms with Gasteiger partial charge in [0.1, 0.15) is 17.3 Å². The van der Waals surface area contributed by atoms with Crippen LogP contribution in [0.5, 0.6) is 0 Å². The molecule has 0 spiro atoms. The van der Waals surface area contributed by atoms with Crippen molar-refractivity contribution in [3.8, 4) is 0 Å². The Morgan fingerprint density at radius 3 is 2.90 bits per heavy atom.